The summed E-state index contributed by atoms with van der Waals surface area (Å²) in [5, 5.41) is 4.42. The molecule has 0 saturated heterocycles. The van der Waals surface area contributed by atoms with E-state index in [1.165, 1.54) is 22.1 Å². The number of anilines is 6. The van der Waals surface area contributed by atoms with Gasteiger partial charge in [-0.25, -0.2) is 0 Å². The molecule has 61 heavy (non-hydrogen) atoms. The molecule has 0 aliphatic carbocycles. The summed E-state index contributed by atoms with van der Waals surface area (Å²) >= 11 is 0. The van der Waals surface area contributed by atoms with Crippen molar-refractivity contribution in [2.75, 3.05) is 9.80 Å². The fourth-order valence-corrected chi connectivity index (χ4v) is 8.65. The molecule has 0 fully saturated rings. The number of hydrogen-bond acceptors (Lipinski definition) is 3. The average Bonchev–Trinajstić information content (AvgIpc) is 3.70. The van der Waals surface area contributed by atoms with Crippen LogP contribution in [0.25, 0.3) is 66.1 Å². The lowest BCUT2D eigenvalue weighted by molar-refractivity contribution is 0.669. The largest absolute Gasteiger partial charge is 0.454 e. The number of fused-ring (bicyclic) bond motifs is 4. The van der Waals surface area contributed by atoms with Gasteiger partial charge in [0, 0.05) is 39.1 Å². The van der Waals surface area contributed by atoms with Gasteiger partial charge in [-0.15, -0.1) is 0 Å². The molecule has 0 amide bonds. The second-order valence-electron chi connectivity index (χ2n) is 15.4. The Hall–Kier alpha value is -8.14. The SMILES string of the molecule is c1ccc(-c2ccc(N(c3cc(N(c4ccccc4)c4ccc(-c5ccccc5)cc4)c4oc5cc6ccccc6cc5c4c3)c3ccccc3-c3ccccc3)cc2)cc1. The van der Waals surface area contributed by atoms with Crippen LogP contribution in [0, 0.1) is 0 Å². The quantitative estimate of drug-likeness (QED) is 0.145. The van der Waals surface area contributed by atoms with E-state index in [0.717, 1.165) is 78.1 Å². The first-order valence-electron chi connectivity index (χ1n) is 20.7. The molecule has 3 nitrogen and oxygen atoms in total. The van der Waals surface area contributed by atoms with Crippen LogP contribution in [-0.4, -0.2) is 0 Å². The molecular formula is C58H40N2O. The van der Waals surface area contributed by atoms with Gasteiger partial charge >= 0.3 is 0 Å². The predicted molar refractivity (Wildman–Crippen MR) is 257 cm³/mol. The third kappa shape index (κ3) is 6.78. The molecule has 11 aromatic rings. The highest BCUT2D eigenvalue weighted by Gasteiger charge is 2.25. The molecule has 288 valence electrons. The number of benzene rings is 10. The van der Waals surface area contributed by atoms with E-state index >= 15 is 0 Å². The predicted octanol–water partition coefficient (Wildman–Crippen LogP) is 16.7. The lowest BCUT2D eigenvalue weighted by Crippen LogP contribution is -2.14. The first kappa shape index (κ1) is 36.0. The summed E-state index contributed by atoms with van der Waals surface area (Å²) < 4.78 is 7.05. The molecule has 10 aromatic carbocycles. The van der Waals surface area contributed by atoms with Gasteiger partial charge < -0.3 is 14.2 Å². The Morgan fingerprint density at radius 2 is 0.721 bits per heavy atom. The summed E-state index contributed by atoms with van der Waals surface area (Å²) in [6.45, 7) is 0. The van der Waals surface area contributed by atoms with Crippen LogP contribution in [0.3, 0.4) is 0 Å². The molecule has 0 N–H and O–H groups in total. The Kier molecular flexibility index (Phi) is 9.18. The van der Waals surface area contributed by atoms with Gasteiger partial charge in [0.05, 0.1) is 11.4 Å². The molecule has 0 aliphatic rings. The van der Waals surface area contributed by atoms with Crippen LogP contribution in [0.5, 0.6) is 0 Å². The molecule has 0 saturated carbocycles. The van der Waals surface area contributed by atoms with E-state index in [0.29, 0.717) is 0 Å². The zero-order chi connectivity index (χ0) is 40.5. The van der Waals surface area contributed by atoms with Gasteiger partial charge in [0.25, 0.3) is 0 Å². The standard InChI is InChI=1S/C58H40N2O/c1-5-17-41(18-6-1)43-29-33-49(34-30-43)59(48-25-11-4-12-26-48)56-40-51(39-54-53-37-46-23-13-14-24-47(46)38-57(53)61-58(54)56)60(50-35-31-44(32-36-50)42-19-7-2-8-20-42)55-28-16-15-27-52(55)45-21-9-3-10-22-45/h1-40H. The van der Waals surface area contributed by atoms with E-state index in [-0.39, 0.29) is 0 Å². The van der Waals surface area contributed by atoms with Gasteiger partial charge in [-0.05, 0) is 105 Å². The number of furan rings is 1. The summed E-state index contributed by atoms with van der Waals surface area (Å²) in [5.74, 6) is 0. The molecule has 0 spiro atoms. The van der Waals surface area contributed by atoms with Crippen molar-refractivity contribution >= 4 is 66.8 Å². The highest BCUT2D eigenvalue weighted by molar-refractivity contribution is 6.15. The monoisotopic (exact) mass is 780 g/mol. The van der Waals surface area contributed by atoms with Crippen LogP contribution in [0.1, 0.15) is 0 Å². The summed E-state index contributed by atoms with van der Waals surface area (Å²) in [7, 11) is 0. The Bertz CT molecular complexity index is 3270. The van der Waals surface area contributed by atoms with Crippen LogP contribution >= 0.6 is 0 Å². The highest BCUT2D eigenvalue weighted by atomic mass is 16.3. The summed E-state index contributed by atoms with van der Waals surface area (Å²) in [6.07, 6.45) is 0. The molecule has 0 bridgehead atoms. The molecule has 0 aliphatic heterocycles. The van der Waals surface area contributed by atoms with Gasteiger partial charge in [0.2, 0.25) is 0 Å². The van der Waals surface area contributed by atoms with E-state index in [4.69, 9.17) is 4.42 Å². The van der Waals surface area contributed by atoms with Crippen molar-refractivity contribution in [3.05, 3.63) is 243 Å². The number of rotatable bonds is 9. The third-order valence-corrected chi connectivity index (χ3v) is 11.6. The molecule has 0 radical (unpaired) electrons. The maximum atomic E-state index is 7.05. The van der Waals surface area contributed by atoms with Gasteiger partial charge in [-0.1, -0.05) is 176 Å². The maximum Gasteiger partial charge on any atom is 0.159 e. The molecule has 11 rings (SSSR count). The summed E-state index contributed by atoms with van der Waals surface area (Å²) in [5.41, 5.74) is 14.8. The van der Waals surface area contributed by atoms with Crippen LogP contribution in [-0.2, 0) is 0 Å². The minimum absolute atomic E-state index is 0.820. The fourth-order valence-electron chi connectivity index (χ4n) is 8.65. The first-order valence-corrected chi connectivity index (χ1v) is 20.7. The van der Waals surface area contributed by atoms with Crippen molar-refractivity contribution in [1.29, 1.82) is 0 Å². The number of para-hydroxylation sites is 2. The zero-order valence-electron chi connectivity index (χ0n) is 33.4. The lowest BCUT2D eigenvalue weighted by Gasteiger charge is -2.31. The Morgan fingerprint density at radius 3 is 1.31 bits per heavy atom. The zero-order valence-corrected chi connectivity index (χ0v) is 33.4. The topological polar surface area (TPSA) is 19.6 Å². The number of nitrogens with zero attached hydrogens (tertiary/aromatic N) is 2. The third-order valence-electron chi connectivity index (χ3n) is 11.6. The molecule has 1 heterocycles. The number of hydrogen-bond donors (Lipinski definition) is 0. The second-order valence-corrected chi connectivity index (χ2v) is 15.4. The van der Waals surface area contributed by atoms with E-state index < -0.39 is 0 Å². The summed E-state index contributed by atoms with van der Waals surface area (Å²) in [4.78, 5) is 4.74. The van der Waals surface area contributed by atoms with Crippen LogP contribution in [0.4, 0.5) is 34.1 Å². The molecule has 0 atom stereocenters. The van der Waals surface area contributed by atoms with Gasteiger partial charge in [-0.3, -0.25) is 0 Å². The normalized spacial score (nSPS) is 11.3. The van der Waals surface area contributed by atoms with E-state index in [9.17, 15) is 0 Å². The van der Waals surface area contributed by atoms with Crippen molar-refractivity contribution in [2.45, 2.75) is 0 Å². The fraction of sp³-hybridized carbons (Fsp3) is 0. The Balaban J connectivity index is 1.19. The van der Waals surface area contributed by atoms with Crippen molar-refractivity contribution in [2.24, 2.45) is 0 Å². The van der Waals surface area contributed by atoms with Crippen molar-refractivity contribution in [3.63, 3.8) is 0 Å². The maximum absolute atomic E-state index is 7.05. The molecular weight excluding hydrogens is 741 g/mol. The van der Waals surface area contributed by atoms with Crippen molar-refractivity contribution in [1.82, 2.24) is 0 Å². The van der Waals surface area contributed by atoms with Gasteiger partial charge in [0.1, 0.15) is 5.58 Å². The minimum atomic E-state index is 0.820. The van der Waals surface area contributed by atoms with Crippen molar-refractivity contribution < 1.29 is 4.42 Å². The van der Waals surface area contributed by atoms with E-state index in [2.05, 4.69) is 252 Å². The second kappa shape index (κ2) is 15.6. The van der Waals surface area contributed by atoms with Crippen LogP contribution in [0.15, 0.2) is 247 Å². The van der Waals surface area contributed by atoms with Crippen molar-refractivity contribution in [3.8, 4) is 33.4 Å². The van der Waals surface area contributed by atoms with Gasteiger partial charge in [0.15, 0.2) is 5.58 Å². The smallest absolute Gasteiger partial charge is 0.159 e. The molecule has 3 heteroatoms. The average molecular weight is 781 g/mol. The Labute approximate surface area is 355 Å². The minimum Gasteiger partial charge on any atom is -0.454 e. The lowest BCUT2D eigenvalue weighted by atomic mass is 10.00. The van der Waals surface area contributed by atoms with Crippen LogP contribution in [0.2, 0.25) is 0 Å². The highest BCUT2D eigenvalue weighted by Crippen LogP contribution is 2.49. The molecule has 0 unspecified atom stereocenters. The molecule has 1 aromatic heterocycles. The summed E-state index contributed by atoms with van der Waals surface area (Å²) in [6, 6.07) is 86.5. The van der Waals surface area contributed by atoms with E-state index in [1.54, 1.807) is 0 Å². The van der Waals surface area contributed by atoms with Gasteiger partial charge in [-0.2, -0.15) is 0 Å². The van der Waals surface area contributed by atoms with E-state index in [1.807, 2.05) is 0 Å². The first-order chi connectivity index (χ1) is 30.2. The van der Waals surface area contributed by atoms with Crippen LogP contribution < -0.4 is 9.80 Å². The Morgan fingerprint density at radius 1 is 0.279 bits per heavy atom.